The Morgan fingerprint density at radius 2 is 1.49 bits per heavy atom. The Morgan fingerprint density at radius 1 is 0.857 bits per heavy atom. The number of carbonyl (C=O) groups excluding carboxylic acids is 1. The minimum absolute atomic E-state index is 0.0309. The summed E-state index contributed by atoms with van der Waals surface area (Å²) >= 11 is 0. The Balaban J connectivity index is 1.49. The number of fused-ring (bicyclic) bond motifs is 2. The molecule has 5 heterocycles. The van der Waals surface area contributed by atoms with Gasteiger partial charge < -0.3 is 16.2 Å². The molecule has 7 aromatic rings. The first-order chi connectivity index (χ1) is 23.6. The van der Waals surface area contributed by atoms with Gasteiger partial charge in [0.1, 0.15) is 46.4 Å². The van der Waals surface area contributed by atoms with E-state index >= 15 is 4.39 Å². The fourth-order valence-corrected chi connectivity index (χ4v) is 5.48. The van der Waals surface area contributed by atoms with Gasteiger partial charge in [0.25, 0.3) is 0 Å². The van der Waals surface area contributed by atoms with Crippen LogP contribution in [-0.2, 0) is 11.3 Å². The number of methoxy groups -OCH3 is 1. The summed E-state index contributed by atoms with van der Waals surface area (Å²) in [5.41, 5.74) is 12.6. The number of amides is 1. The molecule has 1 atom stereocenters. The van der Waals surface area contributed by atoms with Gasteiger partial charge >= 0.3 is 6.09 Å². The quantitative estimate of drug-likeness (QED) is 0.191. The van der Waals surface area contributed by atoms with Gasteiger partial charge in [-0.1, -0.05) is 36.4 Å². The van der Waals surface area contributed by atoms with E-state index in [-0.39, 0.29) is 74.3 Å². The van der Waals surface area contributed by atoms with Crippen molar-refractivity contribution < 1.29 is 27.1 Å². The molecule has 0 radical (unpaired) electrons. The number of halogens is 4. The third-order valence-corrected chi connectivity index (χ3v) is 7.67. The molecule has 2 aromatic carbocycles. The summed E-state index contributed by atoms with van der Waals surface area (Å²) in [4.78, 5) is 28.8. The molecular formula is C32H23F4N11O2. The van der Waals surface area contributed by atoms with Crippen molar-refractivity contribution in [2.45, 2.75) is 12.6 Å². The van der Waals surface area contributed by atoms with Gasteiger partial charge in [-0.2, -0.15) is 10.2 Å². The van der Waals surface area contributed by atoms with Gasteiger partial charge in [-0.25, -0.2) is 51.7 Å². The predicted octanol–water partition coefficient (Wildman–Crippen LogP) is 5.22. The second-order valence-corrected chi connectivity index (χ2v) is 10.7. The van der Waals surface area contributed by atoms with Gasteiger partial charge in [-0.15, -0.1) is 0 Å². The highest BCUT2D eigenvalue weighted by Crippen LogP contribution is 2.38. The zero-order valence-corrected chi connectivity index (χ0v) is 25.3. The molecule has 0 fully saturated rings. The maximum atomic E-state index is 15.8. The van der Waals surface area contributed by atoms with E-state index in [1.807, 2.05) is 0 Å². The maximum absolute atomic E-state index is 15.8. The molecule has 0 saturated heterocycles. The molecule has 13 nitrogen and oxygen atoms in total. The van der Waals surface area contributed by atoms with Crippen molar-refractivity contribution in [1.82, 2.24) is 39.5 Å². The largest absolute Gasteiger partial charge is 0.453 e. The molecule has 5 N–H and O–H groups in total. The molecule has 0 spiro atoms. The Kier molecular flexibility index (Phi) is 7.70. The van der Waals surface area contributed by atoms with Crippen LogP contribution >= 0.6 is 0 Å². The summed E-state index contributed by atoms with van der Waals surface area (Å²) in [6.07, 6.45) is 1.04. The van der Waals surface area contributed by atoms with E-state index < -0.39 is 35.4 Å². The van der Waals surface area contributed by atoms with Crippen molar-refractivity contribution >= 4 is 45.5 Å². The van der Waals surface area contributed by atoms with E-state index in [1.54, 1.807) is 18.2 Å². The highest BCUT2D eigenvalue weighted by atomic mass is 19.1. The van der Waals surface area contributed by atoms with Gasteiger partial charge in [0, 0.05) is 16.5 Å². The van der Waals surface area contributed by atoms with Crippen LogP contribution in [0.5, 0.6) is 0 Å². The smallest absolute Gasteiger partial charge is 0.411 e. The SMILES string of the molecule is COC(=O)Nc1c(N)nc(-c2nn(C(c3ccccc3F)c3nn(Cc4ccccc4F)c4ncc(F)cc34)c3ncc(F)cc23)nc1N. The highest BCUT2D eigenvalue weighted by molar-refractivity contribution is 5.94. The molecule has 0 bridgehead atoms. The molecule has 0 aliphatic heterocycles. The van der Waals surface area contributed by atoms with Crippen LogP contribution in [0.2, 0.25) is 0 Å². The zero-order valence-electron chi connectivity index (χ0n) is 25.3. The Bertz CT molecular complexity index is 2390. The second-order valence-electron chi connectivity index (χ2n) is 10.7. The van der Waals surface area contributed by atoms with Crippen molar-refractivity contribution in [3.8, 4) is 11.5 Å². The van der Waals surface area contributed by atoms with Gasteiger partial charge in [-0.05, 0) is 24.3 Å². The number of anilines is 3. The normalized spacial score (nSPS) is 12.0. The number of ether oxygens (including phenoxy) is 1. The summed E-state index contributed by atoms with van der Waals surface area (Å²) in [6.45, 7) is -0.0985. The zero-order chi connectivity index (χ0) is 34.4. The number of hydrogen-bond acceptors (Lipinski definition) is 10. The first-order valence-electron chi connectivity index (χ1n) is 14.4. The van der Waals surface area contributed by atoms with Crippen molar-refractivity contribution in [3.63, 3.8) is 0 Å². The number of rotatable bonds is 7. The van der Waals surface area contributed by atoms with E-state index in [4.69, 9.17) is 16.6 Å². The number of nitrogens with one attached hydrogen (secondary N) is 1. The van der Waals surface area contributed by atoms with Crippen LogP contribution in [0.4, 0.5) is 39.7 Å². The van der Waals surface area contributed by atoms with E-state index in [0.717, 1.165) is 25.6 Å². The van der Waals surface area contributed by atoms with Crippen molar-refractivity contribution in [2.24, 2.45) is 0 Å². The molecule has 0 saturated carbocycles. The molecule has 1 unspecified atom stereocenters. The summed E-state index contributed by atoms with van der Waals surface area (Å²) < 4.78 is 67.3. The highest BCUT2D eigenvalue weighted by Gasteiger charge is 2.31. The molecule has 49 heavy (non-hydrogen) atoms. The lowest BCUT2D eigenvalue weighted by molar-refractivity contribution is 0.187. The van der Waals surface area contributed by atoms with Crippen LogP contribution in [0.1, 0.15) is 22.9 Å². The number of aromatic nitrogens is 8. The lowest BCUT2D eigenvalue weighted by atomic mass is 10.0. The lowest BCUT2D eigenvalue weighted by Gasteiger charge is -2.18. The number of benzene rings is 2. The standard InChI is InChI=1S/C32H23F4N11O2/c1-49-32(48)41-25-27(37)42-29(43-28(25)38)24-20-11-17(34)13-40-31(20)47(45-24)26(18-7-3-5-9-22(18)36)23-19-10-16(33)12-39-30(19)46(44-23)14-15-6-2-4-8-21(15)35/h2-13,26H,14H2,1H3,(H,41,48)(H4,37,38,42,43). The van der Waals surface area contributed by atoms with Crippen LogP contribution in [-0.4, -0.2) is 52.7 Å². The van der Waals surface area contributed by atoms with E-state index in [0.29, 0.717) is 0 Å². The summed E-state index contributed by atoms with van der Waals surface area (Å²) in [5.74, 6) is -3.33. The van der Waals surface area contributed by atoms with Crippen LogP contribution in [0.15, 0.2) is 73.1 Å². The molecular weight excluding hydrogens is 646 g/mol. The molecule has 5 aromatic heterocycles. The molecule has 0 aliphatic carbocycles. The van der Waals surface area contributed by atoms with Crippen molar-refractivity contribution in [2.75, 3.05) is 23.9 Å². The maximum Gasteiger partial charge on any atom is 0.411 e. The van der Waals surface area contributed by atoms with Crippen LogP contribution in [0.3, 0.4) is 0 Å². The fourth-order valence-electron chi connectivity index (χ4n) is 5.48. The molecule has 7 rings (SSSR count). The van der Waals surface area contributed by atoms with Gasteiger partial charge in [0.2, 0.25) is 0 Å². The first kappa shape index (κ1) is 31.0. The monoisotopic (exact) mass is 669 g/mol. The Labute approximate surface area is 273 Å². The summed E-state index contributed by atoms with van der Waals surface area (Å²) in [7, 11) is 1.14. The lowest BCUT2D eigenvalue weighted by Crippen LogP contribution is -2.18. The third kappa shape index (κ3) is 5.56. The second kappa shape index (κ2) is 12.2. The summed E-state index contributed by atoms with van der Waals surface area (Å²) in [5, 5.41) is 11.9. The first-order valence-corrected chi connectivity index (χ1v) is 14.4. The molecule has 0 aliphatic rings. The average molecular weight is 670 g/mol. The van der Waals surface area contributed by atoms with E-state index in [1.165, 1.54) is 45.8 Å². The minimum Gasteiger partial charge on any atom is -0.453 e. The molecule has 1 amide bonds. The number of nitrogens with two attached hydrogens (primary N) is 2. The van der Waals surface area contributed by atoms with Crippen LogP contribution < -0.4 is 16.8 Å². The minimum atomic E-state index is -1.28. The number of nitrogen functional groups attached to an aromatic ring is 2. The van der Waals surface area contributed by atoms with Crippen molar-refractivity contribution in [1.29, 1.82) is 0 Å². The molecule has 246 valence electrons. The van der Waals surface area contributed by atoms with Gasteiger partial charge in [0.15, 0.2) is 28.8 Å². The van der Waals surface area contributed by atoms with Gasteiger partial charge in [0.05, 0.1) is 31.4 Å². The number of hydrogen-bond donors (Lipinski definition) is 3. The van der Waals surface area contributed by atoms with Gasteiger partial charge in [-0.3, -0.25) is 5.32 Å². The topological polar surface area (TPSA) is 178 Å². The fraction of sp³-hybridized carbons (Fsp3) is 0.0938. The Hall–Kier alpha value is -6.65. The predicted molar refractivity (Wildman–Crippen MR) is 170 cm³/mol. The number of nitrogens with zero attached hydrogens (tertiary/aromatic N) is 8. The van der Waals surface area contributed by atoms with Crippen molar-refractivity contribution in [3.05, 3.63) is 113 Å². The van der Waals surface area contributed by atoms with Crippen LogP contribution in [0.25, 0.3) is 33.6 Å². The third-order valence-electron chi connectivity index (χ3n) is 7.67. The number of pyridine rings is 2. The molecule has 17 heteroatoms. The summed E-state index contributed by atoms with van der Waals surface area (Å²) in [6, 6.07) is 12.8. The number of carbonyl (C=O) groups is 1. The van der Waals surface area contributed by atoms with E-state index in [2.05, 4.69) is 35.1 Å². The van der Waals surface area contributed by atoms with Crippen LogP contribution in [0, 0.1) is 23.3 Å². The Morgan fingerprint density at radius 3 is 2.16 bits per heavy atom. The average Bonchev–Trinajstić information content (AvgIpc) is 3.62. The van der Waals surface area contributed by atoms with E-state index in [9.17, 15) is 18.0 Å².